The van der Waals surface area contributed by atoms with Crippen molar-refractivity contribution in [2.45, 2.75) is 5.92 Å². The van der Waals surface area contributed by atoms with Crippen LogP contribution in [0.15, 0.2) is 89.7 Å². The van der Waals surface area contributed by atoms with E-state index in [0.29, 0.717) is 16.4 Å². The lowest BCUT2D eigenvalue weighted by atomic mass is 9.90. The van der Waals surface area contributed by atoms with E-state index in [1.54, 1.807) is 31.4 Å². The number of para-hydroxylation sites is 1. The number of thiophene rings is 1. The molecule has 1 atom stereocenters. The Morgan fingerprint density at radius 3 is 2.60 bits per heavy atom. The molecule has 1 unspecified atom stereocenters. The monoisotopic (exact) mass is 485 g/mol. The van der Waals surface area contributed by atoms with Gasteiger partial charge in [-0.3, -0.25) is 9.59 Å². The van der Waals surface area contributed by atoms with Crippen LogP contribution in [0.5, 0.6) is 5.75 Å². The van der Waals surface area contributed by atoms with Gasteiger partial charge >= 0.3 is 0 Å². The standard InChI is InChI=1S/C27H23N3O4S/c1-33-18-10-8-17(9-11-18)20(21-16-28-22-6-3-2-5-19(21)22)15-29-27(32)24-12-13-25(35-24)30-26(31)23-7-4-14-34-23/h2-14,16,20,28H,15H2,1H3,(H,29,32)(H,30,31). The number of nitrogens with one attached hydrogen (secondary N) is 3. The van der Waals surface area contributed by atoms with E-state index in [4.69, 9.17) is 9.15 Å². The average molecular weight is 486 g/mol. The molecular formula is C27H23N3O4S. The molecule has 0 aliphatic carbocycles. The third-order valence-electron chi connectivity index (χ3n) is 5.79. The maximum absolute atomic E-state index is 13.0. The number of hydrogen-bond donors (Lipinski definition) is 3. The van der Waals surface area contributed by atoms with Gasteiger partial charge in [0.05, 0.1) is 23.3 Å². The van der Waals surface area contributed by atoms with Crippen LogP contribution in [0.2, 0.25) is 0 Å². The zero-order valence-corrected chi connectivity index (χ0v) is 19.7. The summed E-state index contributed by atoms with van der Waals surface area (Å²) < 4.78 is 10.4. The second kappa shape index (κ2) is 9.90. The van der Waals surface area contributed by atoms with Gasteiger partial charge in [0.1, 0.15) is 5.75 Å². The second-order valence-corrected chi connectivity index (χ2v) is 9.00. The number of rotatable bonds is 8. The van der Waals surface area contributed by atoms with Crippen LogP contribution in [0.4, 0.5) is 5.00 Å². The van der Waals surface area contributed by atoms with Crippen molar-refractivity contribution in [3.8, 4) is 5.75 Å². The van der Waals surface area contributed by atoms with Gasteiger partial charge < -0.3 is 24.8 Å². The Kier molecular flexibility index (Phi) is 6.36. The zero-order valence-electron chi connectivity index (χ0n) is 18.9. The molecule has 3 aromatic heterocycles. The molecule has 0 saturated heterocycles. The van der Waals surface area contributed by atoms with Gasteiger partial charge in [-0.05, 0) is 53.6 Å². The molecule has 3 N–H and O–H groups in total. The van der Waals surface area contributed by atoms with Gasteiger partial charge in [0.25, 0.3) is 11.8 Å². The van der Waals surface area contributed by atoms with Crippen LogP contribution in [-0.2, 0) is 0 Å². The lowest BCUT2D eigenvalue weighted by molar-refractivity contribution is 0.0955. The van der Waals surface area contributed by atoms with Crippen LogP contribution >= 0.6 is 11.3 Å². The number of benzene rings is 2. The Bertz CT molecular complexity index is 1450. The molecule has 0 spiro atoms. The molecule has 8 heteroatoms. The minimum atomic E-state index is -0.359. The lowest BCUT2D eigenvalue weighted by Crippen LogP contribution is -2.28. The van der Waals surface area contributed by atoms with Crippen LogP contribution in [0.25, 0.3) is 10.9 Å². The molecule has 7 nitrogen and oxygen atoms in total. The molecule has 5 aromatic rings. The Balaban J connectivity index is 1.34. The molecule has 0 bridgehead atoms. The largest absolute Gasteiger partial charge is 0.497 e. The van der Waals surface area contributed by atoms with E-state index in [1.807, 2.05) is 48.7 Å². The number of carbonyl (C=O) groups excluding carboxylic acids is 2. The number of H-pyrrole nitrogens is 1. The van der Waals surface area contributed by atoms with E-state index in [-0.39, 0.29) is 23.5 Å². The van der Waals surface area contributed by atoms with E-state index in [1.165, 1.54) is 17.6 Å². The van der Waals surface area contributed by atoms with Crippen molar-refractivity contribution in [2.24, 2.45) is 0 Å². The molecule has 2 aromatic carbocycles. The number of anilines is 1. The van der Waals surface area contributed by atoms with Crippen molar-refractivity contribution in [2.75, 3.05) is 19.0 Å². The number of furan rings is 1. The lowest BCUT2D eigenvalue weighted by Gasteiger charge is -2.18. The van der Waals surface area contributed by atoms with Crippen molar-refractivity contribution in [3.63, 3.8) is 0 Å². The van der Waals surface area contributed by atoms with Crippen molar-refractivity contribution < 1.29 is 18.7 Å². The van der Waals surface area contributed by atoms with Crippen molar-refractivity contribution in [1.29, 1.82) is 0 Å². The summed E-state index contributed by atoms with van der Waals surface area (Å²) >= 11 is 1.21. The highest BCUT2D eigenvalue weighted by molar-refractivity contribution is 7.18. The second-order valence-electron chi connectivity index (χ2n) is 7.92. The number of ether oxygens (including phenoxy) is 1. The number of carbonyl (C=O) groups is 2. The van der Waals surface area contributed by atoms with E-state index >= 15 is 0 Å². The Labute approximate surface area is 205 Å². The zero-order chi connectivity index (χ0) is 24.2. The first-order valence-electron chi connectivity index (χ1n) is 11.0. The molecule has 0 radical (unpaired) electrons. The summed E-state index contributed by atoms with van der Waals surface area (Å²) in [4.78, 5) is 29.0. The van der Waals surface area contributed by atoms with E-state index in [0.717, 1.165) is 27.8 Å². The number of aromatic nitrogens is 1. The van der Waals surface area contributed by atoms with E-state index < -0.39 is 0 Å². The fourth-order valence-corrected chi connectivity index (χ4v) is 4.83. The van der Waals surface area contributed by atoms with Crippen LogP contribution < -0.4 is 15.4 Å². The number of hydrogen-bond acceptors (Lipinski definition) is 5. The summed E-state index contributed by atoms with van der Waals surface area (Å²) in [5.74, 6) is 0.359. The summed E-state index contributed by atoms with van der Waals surface area (Å²) in [6, 6.07) is 22.6. The molecule has 0 saturated carbocycles. The predicted molar refractivity (Wildman–Crippen MR) is 136 cm³/mol. The van der Waals surface area contributed by atoms with Gasteiger partial charge in [-0.15, -0.1) is 11.3 Å². The first-order chi connectivity index (χ1) is 17.1. The summed E-state index contributed by atoms with van der Waals surface area (Å²) in [5.41, 5.74) is 3.21. The van der Waals surface area contributed by atoms with Crippen molar-refractivity contribution >= 4 is 39.1 Å². The third kappa shape index (κ3) is 4.83. The topological polar surface area (TPSA) is 96.4 Å². The molecule has 35 heavy (non-hydrogen) atoms. The van der Waals surface area contributed by atoms with Gasteiger partial charge in [-0.2, -0.15) is 0 Å². The van der Waals surface area contributed by atoms with Gasteiger partial charge in [0.2, 0.25) is 0 Å². The average Bonchev–Trinajstić information content (AvgIpc) is 3.66. The molecular weight excluding hydrogens is 462 g/mol. The maximum Gasteiger partial charge on any atom is 0.291 e. The Morgan fingerprint density at radius 1 is 1.00 bits per heavy atom. The number of amides is 2. The Hall–Kier alpha value is -4.30. The molecule has 0 aliphatic rings. The minimum absolute atomic E-state index is 0.0703. The van der Waals surface area contributed by atoms with Gasteiger partial charge in [-0.1, -0.05) is 30.3 Å². The van der Waals surface area contributed by atoms with Crippen molar-refractivity contribution in [1.82, 2.24) is 10.3 Å². The predicted octanol–water partition coefficient (Wildman–Crippen LogP) is 5.65. The normalized spacial score (nSPS) is 11.8. The fraction of sp³-hybridized carbons (Fsp3) is 0.111. The quantitative estimate of drug-likeness (QED) is 0.265. The van der Waals surface area contributed by atoms with Crippen molar-refractivity contribution in [3.05, 3.63) is 107 Å². The fourth-order valence-electron chi connectivity index (χ4n) is 4.02. The van der Waals surface area contributed by atoms with Crippen LogP contribution in [-0.4, -0.2) is 30.5 Å². The highest BCUT2D eigenvalue weighted by Crippen LogP contribution is 2.32. The number of methoxy groups -OCH3 is 1. The molecule has 3 heterocycles. The highest BCUT2D eigenvalue weighted by atomic mass is 32.1. The summed E-state index contributed by atoms with van der Waals surface area (Å²) in [5, 5.41) is 7.50. The molecule has 5 rings (SSSR count). The smallest absolute Gasteiger partial charge is 0.291 e. The van der Waals surface area contributed by atoms with E-state index in [2.05, 4.69) is 21.7 Å². The SMILES string of the molecule is COc1ccc(C(CNC(=O)c2ccc(NC(=O)c3ccco3)s2)c2c[nH]c3ccccc23)cc1. The summed E-state index contributed by atoms with van der Waals surface area (Å²) in [7, 11) is 1.64. The molecule has 0 fully saturated rings. The third-order valence-corrected chi connectivity index (χ3v) is 6.79. The minimum Gasteiger partial charge on any atom is -0.497 e. The van der Waals surface area contributed by atoms with Crippen LogP contribution in [0, 0.1) is 0 Å². The van der Waals surface area contributed by atoms with Crippen LogP contribution in [0.3, 0.4) is 0 Å². The first-order valence-corrected chi connectivity index (χ1v) is 11.9. The summed E-state index contributed by atoms with van der Waals surface area (Å²) in [6.07, 6.45) is 3.44. The summed E-state index contributed by atoms with van der Waals surface area (Å²) in [6.45, 7) is 0.402. The Morgan fingerprint density at radius 2 is 1.83 bits per heavy atom. The van der Waals surface area contributed by atoms with E-state index in [9.17, 15) is 9.59 Å². The highest BCUT2D eigenvalue weighted by Gasteiger charge is 2.20. The van der Waals surface area contributed by atoms with Crippen LogP contribution in [0.1, 0.15) is 37.3 Å². The molecule has 0 aliphatic heterocycles. The molecule has 176 valence electrons. The number of fused-ring (bicyclic) bond motifs is 1. The maximum atomic E-state index is 13.0. The number of aromatic amines is 1. The van der Waals surface area contributed by atoms with Gasteiger partial charge in [0, 0.05) is 29.6 Å². The van der Waals surface area contributed by atoms with Gasteiger partial charge in [0.15, 0.2) is 5.76 Å². The molecule has 2 amide bonds. The van der Waals surface area contributed by atoms with Gasteiger partial charge in [-0.25, -0.2) is 0 Å². The first kappa shape index (κ1) is 22.5.